The van der Waals surface area contributed by atoms with Gasteiger partial charge in [-0.05, 0) is 25.3 Å². The summed E-state index contributed by atoms with van der Waals surface area (Å²) in [6.07, 6.45) is 1.36. The topological polar surface area (TPSA) is 135 Å². The second kappa shape index (κ2) is 8.69. The number of aromatic nitrogens is 2. The molecule has 1 amide bonds. The molecule has 0 aliphatic carbocycles. The van der Waals surface area contributed by atoms with Crippen LogP contribution in [0.4, 0.5) is 10.8 Å². The normalized spacial score (nSPS) is 15.9. The fraction of sp³-hybridized carbons (Fsp3) is 0.438. The molecule has 1 aliphatic heterocycles. The van der Waals surface area contributed by atoms with Gasteiger partial charge in [0, 0.05) is 31.1 Å². The Morgan fingerprint density at radius 1 is 1.38 bits per heavy atom. The fourth-order valence-corrected chi connectivity index (χ4v) is 5.60. The van der Waals surface area contributed by atoms with Crippen LogP contribution >= 0.6 is 22.9 Å². The van der Waals surface area contributed by atoms with Crippen molar-refractivity contribution in [2.24, 2.45) is 5.92 Å². The van der Waals surface area contributed by atoms with Crippen molar-refractivity contribution in [1.29, 1.82) is 0 Å². The minimum atomic E-state index is -4.01. The van der Waals surface area contributed by atoms with E-state index in [1.54, 1.807) is 0 Å². The third-order valence-corrected chi connectivity index (χ3v) is 7.93. The van der Waals surface area contributed by atoms with Crippen molar-refractivity contribution >= 4 is 49.7 Å². The number of amides is 1. The molecule has 1 saturated heterocycles. The molecule has 1 aromatic heterocycles. The summed E-state index contributed by atoms with van der Waals surface area (Å²) in [5.74, 6) is -0.592. The number of sulfonamides is 1. The number of hydrogen-bond acceptors (Lipinski definition) is 8. The van der Waals surface area contributed by atoms with E-state index in [4.69, 9.17) is 11.6 Å². The summed E-state index contributed by atoms with van der Waals surface area (Å²) in [6.45, 7) is 2.15. The number of nitrogens with one attached hydrogen (secondary N) is 1. The number of aryl methyl sites for hydroxylation is 1. The maximum Gasteiger partial charge on any atom is 0.270 e. The lowest BCUT2D eigenvalue weighted by Crippen LogP contribution is -2.41. The molecule has 1 fully saturated rings. The molecule has 0 saturated carbocycles. The molecule has 0 unspecified atom stereocenters. The van der Waals surface area contributed by atoms with Crippen LogP contribution in [0.3, 0.4) is 0 Å². The Bertz CT molecular complexity index is 1030. The average Bonchev–Trinajstić information content (AvgIpc) is 3.15. The van der Waals surface area contributed by atoms with Crippen molar-refractivity contribution in [1.82, 2.24) is 14.5 Å². The fourth-order valence-electron chi connectivity index (χ4n) is 2.96. The molecule has 2 heterocycles. The number of carbonyl (C=O) groups is 1. The van der Waals surface area contributed by atoms with Gasteiger partial charge in [0.05, 0.1) is 9.95 Å². The van der Waals surface area contributed by atoms with Gasteiger partial charge in [0.15, 0.2) is 0 Å². The van der Waals surface area contributed by atoms with E-state index in [2.05, 4.69) is 15.5 Å². The minimum absolute atomic E-state index is 0.0848. The summed E-state index contributed by atoms with van der Waals surface area (Å²) in [4.78, 5) is 22.4. The van der Waals surface area contributed by atoms with E-state index in [0.29, 0.717) is 18.0 Å². The highest BCUT2D eigenvalue weighted by Gasteiger charge is 2.34. The number of nitro groups is 1. The van der Waals surface area contributed by atoms with Gasteiger partial charge in [0.25, 0.3) is 5.69 Å². The first kappa shape index (κ1) is 21.6. The van der Waals surface area contributed by atoms with Gasteiger partial charge in [-0.15, -0.1) is 10.2 Å². The van der Waals surface area contributed by atoms with Crippen LogP contribution in [-0.2, 0) is 21.2 Å². The zero-order valence-electron chi connectivity index (χ0n) is 15.4. The van der Waals surface area contributed by atoms with E-state index in [1.807, 2.05) is 6.92 Å². The van der Waals surface area contributed by atoms with Crippen LogP contribution in [0.25, 0.3) is 0 Å². The van der Waals surface area contributed by atoms with Crippen molar-refractivity contribution in [2.75, 3.05) is 18.4 Å². The van der Waals surface area contributed by atoms with Crippen molar-refractivity contribution in [3.63, 3.8) is 0 Å². The summed E-state index contributed by atoms with van der Waals surface area (Å²) in [6, 6.07) is 3.30. The van der Waals surface area contributed by atoms with Gasteiger partial charge in [-0.1, -0.05) is 29.9 Å². The van der Waals surface area contributed by atoms with E-state index in [1.165, 1.54) is 21.7 Å². The number of benzene rings is 1. The van der Waals surface area contributed by atoms with Gasteiger partial charge in [-0.25, -0.2) is 8.42 Å². The van der Waals surface area contributed by atoms with Gasteiger partial charge in [-0.3, -0.25) is 14.9 Å². The average molecular weight is 460 g/mol. The van der Waals surface area contributed by atoms with Crippen LogP contribution in [0.5, 0.6) is 0 Å². The third kappa shape index (κ3) is 4.71. The van der Waals surface area contributed by atoms with Crippen LogP contribution in [-0.4, -0.2) is 46.8 Å². The largest absolute Gasteiger partial charge is 0.300 e. The lowest BCUT2D eigenvalue weighted by atomic mass is 9.97. The quantitative estimate of drug-likeness (QED) is 0.518. The summed E-state index contributed by atoms with van der Waals surface area (Å²) < 4.78 is 27.0. The van der Waals surface area contributed by atoms with Crippen LogP contribution < -0.4 is 5.32 Å². The third-order valence-electron chi connectivity index (χ3n) is 4.57. The molecule has 2 aromatic rings. The first-order valence-electron chi connectivity index (χ1n) is 8.79. The van der Waals surface area contributed by atoms with E-state index in [0.717, 1.165) is 23.6 Å². The first-order valence-corrected chi connectivity index (χ1v) is 11.4. The highest BCUT2D eigenvalue weighted by Crippen LogP contribution is 2.31. The number of anilines is 1. The van der Waals surface area contributed by atoms with Crippen LogP contribution in [0.1, 0.15) is 24.8 Å². The molecule has 10 nitrogen and oxygen atoms in total. The Labute approximate surface area is 176 Å². The minimum Gasteiger partial charge on any atom is -0.300 e. The molecule has 156 valence electrons. The van der Waals surface area contributed by atoms with E-state index < -0.39 is 14.9 Å². The first-order chi connectivity index (χ1) is 13.7. The number of hydrogen-bond donors (Lipinski definition) is 1. The van der Waals surface area contributed by atoms with Crippen molar-refractivity contribution in [3.05, 3.63) is 38.3 Å². The van der Waals surface area contributed by atoms with E-state index in [9.17, 15) is 23.3 Å². The summed E-state index contributed by atoms with van der Waals surface area (Å²) in [5, 5.41) is 22.7. The number of non-ortho nitro benzene ring substituents is 1. The summed E-state index contributed by atoms with van der Waals surface area (Å²) in [5.41, 5.74) is -0.356. The monoisotopic (exact) mass is 459 g/mol. The van der Waals surface area contributed by atoms with E-state index >= 15 is 0 Å². The SMILES string of the molecule is CCc1nnc(NC(=O)C2CCN(S(=O)(=O)c3cc([N+](=O)[O-])ccc3Cl)CC2)s1. The van der Waals surface area contributed by atoms with Gasteiger partial charge < -0.3 is 5.32 Å². The van der Waals surface area contributed by atoms with Gasteiger partial charge in [0.1, 0.15) is 9.90 Å². The second-order valence-electron chi connectivity index (χ2n) is 6.39. The van der Waals surface area contributed by atoms with E-state index in [-0.39, 0.29) is 40.5 Å². The van der Waals surface area contributed by atoms with Gasteiger partial charge in [-0.2, -0.15) is 4.31 Å². The van der Waals surface area contributed by atoms with Crippen molar-refractivity contribution in [3.8, 4) is 0 Å². The van der Waals surface area contributed by atoms with Crippen molar-refractivity contribution < 1.29 is 18.1 Å². The summed E-state index contributed by atoms with van der Waals surface area (Å²) in [7, 11) is -4.01. The molecule has 0 radical (unpaired) electrons. The Morgan fingerprint density at radius 2 is 2.07 bits per heavy atom. The number of nitro benzene ring substituents is 1. The van der Waals surface area contributed by atoms with Crippen LogP contribution in [0.2, 0.25) is 5.02 Å². The highest BCUT2D eigenvalue weighted by atomic mass is 35.5. The molecule has 0 bridgehead atoms. The number of carbonyl (C=O) groups excluding carboxylic acids is 1. The number of rotatable bonds is 6. The highest BCUT2D eigenvalue weighted by molar-refractivity contribution is 7.89. The number of nitrogens with zero attached hydrogens (tertiary/aromatic N) is 4. The molecule has 0 spiro atoms. The van der Waals surface area contributed by atoms with Crippen molar-refractivity contribution in [2.45, 2.75) is 31.1 Å². The maximum absolute atomic E-state index is 12.9. The zero-order valence-corrected chi connectivity index (χ0v) is 17.8. The van der Waals surface area contributed by atoms with Gasteiger partial charge in [0.2, 0.25) is 21.1 Å². The molecule has 3 rings (SSSR count). The van der Waals surface area contributed by atoms with Crippen LogP contribution in [0, 0.1) is 16.0 Å². The molecule has 0 atom stereocenters. The lowest BCUT2D eigenvalue weighted by molar-refractivity contribution is -0.385. The molecule has 1 aromatic carbocycles. The molecule has 29 heavy (non-hydrogen) atoms. The smallest absolute Gasteiger partial charge is 0.270 e. The number of halogens is 1. The Hall–Kier alpha value is -2.15. The predicted octanol–water partition coefficient (Wildman–Crippen LogP) is 2.70. The Morgan fingerprint density at radius 3 is 2.66 bits per heavy atom. The Balaban J connectivity index is 1.67. The predicted molar refractivity (Wildman–Crippen MR) is 108 cm³/mol. The molecule has 13 heteroatoms. The number of piperidine rings is 1. The zero-order chi connectivity index (χ0) is 21.2. The Kier molecular flexibility index (Phi) is 6.46. The molecular formula is C16H18ClN5O5S2. The molecule has 1 aliphatic rings. The van der Waals surface area contributed by atoms with Crippen LogP contribution in [0.15, 0.2) is 23.1 Å². The summed E-state index contributed by atoms with van der Waals surface area (Å²) >= 11 is 7.29. The second-order valence-corrected chi connectivity index (χ2v) is 9.77. The standard InChI is InChI=1S/C16H18ClN5O5S2/c1-2-14-19-20-16(28-14)18-15(23)10-5-7-21(8-6-10)29(26,27)13-9-11(22(24)25)3-4-12(13)17/h3-4,9-10H,2,5-8H2,1H3,(H,18,20,23). The maximum atomic E-state index is 12.9. The molecule has 1 N–H and O–H groups in total. The molecular weight excluding hydrogens is 442 g/mol. The van der Waals surface area contributed by atoms with Gasteiger partial charge >= 0.3 is 0 Å². The lowest BCUT2D eigenvalue weighted by Gasteiger charge is -2.30.